The zero-order valence-electron chi connectivity index (χ0n) is 13.7. The van der Waals surface area contributed by atoms with Crippen molar-refractivity contribution in [3.05, 3.63) is 71.1 Å². The molecule has 0 aliphatic heterocycles. The molecule has 0 unspecified atom stereocenters. The Balaban J connectivity index is 1.70. The van der Waals surface area contributed by atoms with Crippen LogP contribution in [-0.4, -0.2) is 20.9 Å². The molecule has 2 heterocycles. The van der Waals surface area contributed by atoms with E-state index in [1.165, 1.54) is 17.5 Å². The second-order valence-electron chi connectivity index (χ2n) is 5.66. The molecule has 5 nitrogen and oxygen atoms in total. The predicted molar refractivity (Wildman–Crippen MR) is 105 cm³/mol. The van der Waals surface area contributed by atoms with Crippen molar-refractivity contribution in [1.29, 1.82) is 0 Å². The van der Waals surface area contributed by atoms with Gasteiger partial charge in [-0.3, -0.25) is 4.79 Å². The van der Waals surface area contributed by atoms with Crippen molar-refractivity contribution < 1.29 is 4.79 Å². The van der Waals surface area contributed by atoms with Crippen molar-refractivity contribution in [3.8, 4) is 10.7 Å². The van der Waals surface area contributed by atoms with Crippen molar-refractivity contribution in [3.63, 3.8) is 0 Å². The van der Waals surface area contributed by atoms with Gasteiger partial charge in [-0.2, -0.15) is 0 Å². The molecule has 2 aromatic heterocycles. The van der Waals surface area contributed by atoms with Crippen LogP contribution in [0.1, 0.15) is 16.1 Å². The number of hydrogen-bond acceptors (Lipinski definition) is 5. The molecule has 0 fully saturated rings. The number of benzene rings is 2. The molecule has 2 aromatic carbocycles. The Morgan fingerprint density at radius 1 is 1.12 bits per heavy atom. The van der Waals surface area contributed by atoms with E-state index >= 15 is 0 Å². The summed E-state index contributed by atoms with van der Waals surface area (Å²) >= 11 is 7.61. The largest absolute Gasteiger partial charge is 0.321 e. The van der Waals surface area contributed by atoms with E-state index in [4.69, 9.17) is 11.6 Å². The standard InChI is InChI=1S/C19H13ClN4OS/c1-11-6-7-12(10-13(11)20)23-18(25)16-17(22-9-8-21-16)19-24-14-4-2-3-5-15(14)26-19/h2-10H,1H3,(H,23,25). The number of hydrogen-bond donors (Lipinski definition) is 1. The predicted octanol–water partition coefficient (Wildman–Crippen LogP) is 4.97. The molecule has 128 valence electrons. The Labute approximate surface area is 158 Å². The maximum absolute atomic E-state index is 12.7. The average Bonchev–Trinajstić information content (AvgIpc) is 3.09. The molecule has 0 aliphatic carbocycles. The van der Waals surface area contributed by atoms with E-state index in [2.05, 4.69) is 20.3 Å². The van der Waals surface area contributed by atoms with Crippen molar-refractivity contribution in [2.75, 3.05) is 5.32 Å². The number of aryl methyl sites for hydroxylation is 1. The van der Waals surface area contributed by atoms with Gasteiger partial charge in [-0.25, -0.2) is 15.0 Å². The lowest BCUT2D eigenvalue weighted by atomic mass is 10.2. The fourth-order valence-electron chi connectivity index (χ4n) is 2.50. The minimum atomic E-state index is -0.354. The summed E-state index contributed by atoms with van der Waals surface area (Å²) in [4.78, 5) is 25.9. The van der Waals surface area contributed by atoms with E-state index in [1.807, 2.05) is 37.3 Å². The molecule has 26 heavy (non-hydrogen) atoms. The Kier molecular flexibility index (Phi) is 4.36. The molecule has 7 heteroatoms. The quantitative estimate of drug-likeness (QED) is 0.545. The minimum absolute atomic E-state index is 0.225. The average molecular weight is 381 g/mol. The van der Waals surface area contributed by atoms with E-state index in [-0.39, 0.29) is 11.6 Å². The van der Waals surface area contributed by atoms with Crippen molar-refractivity contribution in [2.24, 2.45) is 0 Å². The second-order valence-corrected chi connectivity index (χ2v) is 7.10. The molecule has 0 saturated heterocycles. The molecular weight excluding hydrogens is 368 g/mol. The number of anilines is 1. The smallest absolute Gasteiger partial charge is 0.276 e. The van der Waals surface area contributed by atoms with Crippen LogP contribution in [0.2, 0.25) is 5.02 Å². The molecule has 0 saturated carbocycles. The number of carbonyl (C=O) groups excluding carboxylic acids is 1. The fraction of sp³-hybridized carbons (Fsp3) is 0.0526. The second kappa shape index (κ2) is 6.82. The highest BCUT2D eigenvalue weighted by Crippen LogP contribution is 2.30. The van der Waals surface area contributed by atoms with Gasteiger partial charge in [0, 0.05) is 23.1 Å². The number of halogens is 1. The van der Waals surface area contributed by atoms with Crippen molar-refractivity contribution in [1.82, 2.24) is 15.0 Å². The van der Waals surface area contributed by atoms with Crippen LogP contribution in [0.15, 0.2) is 54.9 Å². The van der Waals surface area contributed by atoms with Gasteiger partial charge >= 0.3 is 0 Å². The number of thiazole rings is 1. The molecular formula is C19H13ClN4OS. The van der Waals surface area contributed by atoms with Crippen LogP contribution < -0.4 is 5.32 Å². The summed E-state index contributed by atoms with van der Waals surface area (Å²) < 4.78 is 1.03. The third-order valence-electron chi connectivity index (χ3n) is 3.84. The molecule has 0 bridgehead atoms. The van der Waals surface area contributed by atoms with Gasteiger partial charge in [0.25, 0.3) is 5.91 Å². The zero-order chi connectivity index (χ0) is 18.1. The minimum Gasteiger partial charge on any atom is -0.321 e. The molecule has 4 aromatic rings. The summed E-state index contributed by atoms with van der Waals surface area (Å²) in [7, 11) is 0. The van der Waals surface area contributed by atoms with Crippen LogP contribution in [0.25, 0.3) is 20.9 Å². The van der Waals surface area contributed by atoms with Gasteiger partial charge in [-0.05, 0) is 36.8 Å². The highest BCUT2D eigenvalue weighted by Gasteiger charge is 2.19. The zero-order valence-corrected chi connectivity index (χ0v) is 15.3. The number of para-hydroxylation sites is 1. The van der Waals surface area contributed by atoms with Gasteiger partial charge in [-0.1, -0.05) is 29.8 Å². The lowest BCUT2D eigenvalue weighted by Gasteiger charge is -2.08. The van der Waals surface area contributed by atoms with Crippen LogP contribution in [0, 0.1) is 6.92 Å². The first-order valence-corrected chi connectivity index (χ1v) is 9.06. The van der Waals surface area contributed by atoms with Gasteiger partial charge in [0.05, 0.1) is 10.2 Å². The van der Waals surface area contributed by atoms with E-state index in [0.29, 0.717) is 21.4 Å². The molecule has 0 atom stereocenters. The topological polar surface area (TPSA) is 67.8 Å². The summed E-state index contributed by atoms with van der Waals surface area (Å²) in [6.07, 6.45) is 3.05. The summed E-state index contributed by atoms with van der Waals surface area (Å²) in [6.45, 7) is 1.90. The monoisotopic (exact) mass is 380 g/mol. The Morgan fingerprint density at radius 2 is 1.92 bits per heavy atom. The van der Waals surface area contributed by atoms with Crippen LogP contribution in [0.3, 0.4) is 0 Å². The number of rotatable bonds is 3. The first-order chi connectivity index (χ1) is 12.6. The SMILES string of the molecule is Cc1ccc(NC(=O)c2nccnc2-c2nc3ccccc3s2)cc1Cl. The number of amides is 1. The Bertz CT molecular complexity index is 1090. The van der Waals surface area contributed by atoms with Crippen molar-refractivity contribution in [2.45, 2.75) is 6.92 Å². The van der Waals surface area contributed by atoms with E-state index in [9.17, 15) is 4.79 Å². The number of aromatic nitrogens is 3. The lowest BCUT2D eigenvalue weighted by Crippen LogP contribution is -2.15. The van der Waals surface area contributed by atoms with E-state index in [1.54, 1.807) is 18.3 Å². The maximum Gasteiger partial charge on any atom is 0.276 e. The molecule has 1 amide bonds. The van der Waals surface area contributed by atoms with Gasteiger partial charge in [0.2, 0.25) is 0 Å². The van der Waals surface area contributed by atoms with Crippen LogP contribution in [-0.2, 0) is 0 Å². The van der Waals surface area contributed by atoms with Gasteiger partial charge in [0.15, 0.2) is 5.69 Å². The number of nitrogens with zero attached hydrogens (tertiary/aromatic N) is 3. The fourth-order valence-corrected chi connectivity index (χ4v) is 3.64. The first kappa shape index (κ1) is 16.6. The van der Waals surface area contributed by atoms with Crippen LogP contribution >= 0.6 is 22.9 Å². The number of nitrogens with one attached hydrogen (secondary N) is 1. The van der Waals surface area contributed by atoms with Crippen LogP contribution in [0.4, 0.5) is 5.69 Å². The highest BCUT2D eigenvalue weighted by atomic mass is 35.5. The normalized spacial score (nSPS) is 10.8. The van der Waals surface area contributed by atoms with Gasteiger partial charge in [-0.15, -0.1) is 11.3 Å². The summed E-state index contributed by atoms with van der Waals surface area (Å²) in [6, 6.07) is 13.2. The lowest BCUT2D eigenvalue weighted by molar-refractivity contribution is 0.102. The van der Waals surface area contributed by atoms with Crippen molar-refractivity contribution >= 4 is 44.7 Å². The van der Waals surface area contributed by atoms with Gasteiger partial charge in [0.1, 0.15) is 10.7 Å². The maximum atomic E-state index is 12.7. The molecule has 0 spiro atoms. The molecule has 0 aliphatic rings. The molecule has 4 rings (SSSR count). The first-order valence-electron chi connectivity index (χ1n) is 7.86. The molecule has 0 radical (unpaired) electrons. The van der Waals surface area contributed by atoms with E-state index < -0.39 is 0 Å². The number of fused-ring (bicyclic) bond motifs is 1. The third-order valence-corrected chi connectivity index (χ3v) is 5.29. The summed E-state index contributed by atoms with van der Waals surface area (Å²) in [5.41, 5.74) is 3.10. The summed E-state index contributed by atoms with van der Waals surface area (Å²) in [5, 5.41) is 4.07. The van der Waals surface area contributed by atoms with Gasteiger partial charge < -0.3 is 5.32 Å². The highest BCUT2D eigenvalue weighted by molar-refractivity contribution is 7.21. The molecule has 1 N–H and O–H groups in total. The number of carbonyl (C=O) groups is 1. The third kappa shape index (κ3) is 3.16. The van der Waals surface area contributed by atoms with E-state index in [0.717, 1.165) is 15.8 Å². The Morgan fingerprint density at radius 3 is 2.73 bits per heavy atom. The summed E-state index contributed by atoms with van der Waals surface area (Å²) in [5.74, 6) is -0.354. The van der Waals surface area contributed by atoms with Crippen LogP contribution in [0.5, 0.6) is 0 Å². The Hall–Kier alpha value is -2.83.